The average Bonchev–Trinajstić information content (AvgIpc) is 2.15. The second kappa shape index (κ2) is 4.94. The summed E-state index contributed by atoms with van der Waals surface area (Å²) in [7, 11) is 0. The maximum absolute atomic E-state index is 10.8. The fourth-order valence-electron chi connectivity index (χ4n) is 0.949. The zero-order chi connectivity index (χ0) is 10.6. The first-order valence-electron chi connectivity index (χ1n) is 4.06. The van der Waals surface area contributed by atoms with Crippen LogP contribution in [-0.2, 0) is 4.79 Å². The van der Waals surface area contributed by atoms with Crippen molar-refractivity contribution < 1.29 is 14.7 Å². The Morgan fingerprint density at radius 1 is 1.36 bits per heavy atom. The molecule has 1 aromatic carbocycles. The summed E-state index contributed by atoms with van der Waals surface area (Å²) < 4.78 is 0.780. The molecule has 1 aromatic rings. The second-order valence-corrected chi connectivity index (χ2v) is 4.93. The molecule has 1 rings (SSSR count). The van der Waals surface area contributed by atoms with Gasteiger partial charge in [0.1, 0.15) is 0 Å². The van der Waals surface area contributed by atoms with Crippen LogP contribution >= 0.6 is 0 Å². The summed E-state index contributed by atoms with van der Waals surface area (Å²) in [4.78, 5) is 21.6. The van der Waals surface area contributed by atoms with Gasteiger partial charge in [-0.3, -0.25) is 0 Å². The predicted molar refractivity (Wildman–Crippen MR) is 54.3 cm³/mol. The van der Waals surface area contributed by atoms with Crippen LogP contribution < -0.4 is 4.46 Å². The van der Waals surface area contributed by atoms with E-state index >= 15 is 0 Å². The van der Waals surface area contributed by atoms with Gasteiger partial charge in [0.05, 0.1) is 0 Å². The van der Waals surface area contributed by atoms with E-state index in [9.17, 15) is 9.59 Å². The number of hydrogen-bond donors (Lipinski definition) is 1. The summed E-state index contributed by atoms with van der Waals surface area (Å²) in [6, 6.07) is 6.83. The number of ketones is 1. The van der Waals surface area contributed by atoms with Gasteiger partial charge in [0, 0.05) is 0 Å². The molecule has 0 aliphatic heterocycles. The number of benzene rings is 1. The van der Waals surface area contributed by atoms with Gasteiger partial charge in [-0.25, -0.2) is 0 Å². The summed E-state index contributed by atoms with van der Waals surface area (Å²) in [5.41, 5.74) is 0.314. The number of rotatable bonds is 4. The minimum absolute atomic E-state index is 0.0686. The Morgan fingerprint density at radius 3 is 2.57 bits per heavy atom. The molecule has 0 aliphatic rings. The van der Waals surface area contributed by atoms with Crippen molar-refractivity contribution >= 4 is 31.2 Å². The Morgan fingerprint density at radius 2 is 2.00 bits per heavy atom. The summed E-state index contributed by atoms with van der Waals surface area (Å²) in [6.07, 6.45) is 0. The van der Waals surface area contributed by atoms with Crippen LogP contribution in [0.3, 0.4) is 0 Å². The molecule has 0 radical (unpaired) electrons. The van der Waals surface area contributed by atoms with E-state index < -0.39 is 5.97 Å². The van der Waals surface area contributed by atoms with E-state index in [1.54, 1.807) is 24.3 Å². The number of carboxylic acids is 1. The van der Waals surface area contributed by atoms with Gasteiger partial charge in [0.2, 0.25) is 0 Å². The number of aromatic carboxylic acids is 1. The Hall–Kier alpha value is -1.12. The standard InChI is InChI=1S/C10H10O3Se/c1-7(11)6-14-9-5-3-2-4-8(9)10(12)13/h2-5H,6H2,1H3,(H,12,13). The van der Waals surface area contributed by atoms with E-state index in [2.05, 4.69) is 0 Å². The predicted octanol–water partition coefficient (Wildman–Crippen LogP) is 0.722. The Bertz CT molecular complexity index is 360. The third-order valence-electron chi connectivity index (χ3n) is 1.55. The van der Waals surface area contributed by atoms with Gasteiger partial charge >= 0.3 is 87.9 Å². The number of Topliss-reactive ketones (excluding diaryl/α,β-unsaturated/α-hetero) is 1. The molecule has 0 fully saturated rings. The van der Waals surface area contributed by atoms with E-state index in [0.717, 1.165) is 4.46 Å². The molecule has 0 heterocycles. The average molecular weight is 257 g/mol. The quantitative estimate of drug-likeness (QED) is 0.809. The summed E-state index contributed by atoms with van der Waals surface area (Å²) in [6.45, 7) is 1.52. The molecule has 3 nitrogen and oxygen atoms in total. The van der Waals surface area contributed by atoms with Gasteiger partial charge in [-0.1, -0.05) is 0 Å². The minimum atomic E-state index is -0.925. The molecular weight excluding hydrogens is 247 g/mol. The van der Waals surface area contributed by atoms with Gasteiger partial charge in [-0.2, -0.15) is 0 Å². The zero-order valence-electron chi connectivity index (χ0n) is 7.69. The van der Waals surface area contributed by atoms with Crippen LogP contribution in [0.15, 0.2) is 24.3 Å². The number of carboxylic acid groups (broad SMARTS) is 1. The monoisotopic (exact) mass is 258 g/mol. The second-order valence-electron chi connectivity index (χ2n) is 2.79. The third kappa shape index (κ3) is 2.98. The van der Waals surface area contributed by atoms with Crippen molar-refractivity contribution in [2.24, 2.45) is 0 Å². The van der Waals surface area contributed by atoms with E-state index in [-0.39, 0.29) is 20.7 Å². The number of carbonyl (C=O) groups excluding carboxylic acids is 1. The van der Waals surface area contributed by atoms with Crippen molar-refractivity contribution in [3.8, 4) is 0 Å². The molecule has 0 aromatic heterocycles. The first-order chi connectivity index (χ1) is 6.61. The summed E-state index contributed by atoms with van der Waals surface area (Å²) in [5.74, 6) is -0.823. The van der Waals surface area contributed by atoms with Gasteiger partial charge < -0.3 is 0 Å². The van der Waals surface area contributed by atoms with Crippen LogP contribution in [0.1, 0.15) is 17.3 Å². The number of hydrogen-bond acceptors (Lipinski definition) is 2. The van der Waals surface area contributed by atoms with Crippen molar-refractivity contribution in [3.63, 3.8) is 0 Å². The molecule has 4 heteroatoms. The van der Waals surface area contributed by atoms with Crippen molar-refractivity contribution in [2.45, 2.75) is 12.2 Å². The van der Waals surface area contributed by atoms with E-state index in [1.165, 1.54) is 6.92 Å². The first-order valence-corrected chi connectivity index (χ1v) is 6.12. The molecule has 1 N–H and O–H groups in total. The summed E-state index contributed by atoms with van der Waals surface area (Å²) >= 11 is -0.0686. The fourth-order valence-corrected chi connectivity index (χ4v) is 2.72. The van der Waals surface area contributed by atoms with Crippen LogP contribution in [0.5, 0.6) is 0 Å². The van der Waals surface area contributed by atoms with E-state index in [0.29, 0.717) is 10.9 Å². The van der Waals surface area contributed by atoms with Crippen molar-refractivity contribution in [1.29, 1.82) is 0 Å². The zero-order valence-corrected chi connectivity index (χ0v) is 9.40. The molecule has 0 bridgehead atoms. The van der Waals surface area contributed by atoms with Crippen molar-refractivity contribution in [1.82, 2.24) is 0 Å². The molecule has 0 amide bonds. The third-order valence-corrected chi connectivity index (χ3v) is 4.10. The molecule has 0 saturated carbocycles. The van der Waals surface area contributed by atoms with Crippen LogP contribution in [0.4, 0.5) is 0 Å². The van der Waals surface area contributed by atoms with Gasteiger partial charge in [-0.15, -0.1) is 0 Å². The van der Waals surface area contributed by atoms with Crippen LogP contribution in [-0.4, -0.2) is 31.8 Å². The molecule has 0 saturated heterocycles. The topological polar surface area (TPSA) is 54.4 Å². The Kier molecular flexibility index (Phi) is 3.86. The van der Waals surface area contributed by atoms with Crippen molar-refractivity contribution in [2.75, 3.05) is 0 Å². The first kappa shape index (κ1) is 11.0. The van der Waals surface area contributed by atoms with Crippen LogP contribution in [0.2, 0.25) is 5.32 Å². The fraction of sp³-hybridized carbons (Fsp3) is 0.200. The molecule has 0 atom stereocenters. The van der Waals surface area contributed by atoms with E-state index in [1.807, 2.05) is 0 Å². The SMILES string of the molecule is CC(=O)C[Se]c1ccccc1C(=O)O. The van der Waals surface area contributed by atoms with E-state index in [4.69, 9.17) is 5.11 Å². The molecule has 0 aliphatic carbocycles. The summed E-state index contributed by atoms with van der Waals surface area (Å²) in [5, 5.41) is 9.31. The van der Waals surface area contributed by atoms with Gasteiger partial charge in [0.25, 0.3) is 0 Å². The Balaban J connectivity index is 2.84. The molecular formula is C10H10O3Se. The normalized spacial score (nSPS) is 9.79. The van der Waals surface area contributed by atoms with Gasteiger partial charge in [0.15, 0.2) is 0 Å². The number of carbonyl (C=O) groups is 2. The molecule has 14 heavy (non-hydrogen) atoms. The molecule has 0 spiro atoms. The molecule has 0 unspecified atom stereocenters. The van der Waals surface area contributed by atoms with Gasteiger partial charge in [-0.05, 0) is 0 Å². The Labute approximate surface area is 88.3 Å². The van der Waals surface area contributed by atoms with Crippen LogP contribution in [0.25, 0.3) is 0 Å². The van der Waals surface area contributed by atoms with Crippen LogP contribution in [0, 0.1) is 0 Å². The molecule has 74 valence electrons. The van der Waals surface area contributed by atoms with Crippen molar-refractivity contribution in [3.05, 3.63) is 29.8 Å². The maximum atomic E-state index is 10.8.